The van der Waals surface area contributed by atoms with Crippen molar-refractivity contribution in [1.82, 2.24) is 5.32 Å². The first-order valence-electron chi connectivity index (χ1n) is 6.69. The van der Waals surface area contributed by atoms with E-state index in [1.165, 1.54) is 10.9 Å². The molecule has 0 bridgehead atoms. The summed E-state index contributed by atoms with van der Waals surface area (Å²) in [5, 5.41) is 16.9. The lowest BCUT2D eigenvalue weighted by Crippen LogP contribution is -2.21. The topological polar surface area (TPSA) is 70.6 Å². The van der Waals surface area contributed by atoms with Gasteiger partial charge in [0.1, 0.15) is 5.82 Å². The smallest absolute Gasteiger partial charge is 0.173 e. The van der Waals surface area contributed by atoms with Crippen LogP contribution in [0.15, 0.2) is 40.9 Å². The molecule has 0 saturated heterocycles. The van der Waals surface area contributed by atoms with Gasteiger partial charge in [0, 0.05) is 23.0 Å². The fraction of sp³-hybridized carbons (Fsp3) is 0.267. The molecule has 0 aliphatic heterocycles. The first kappa shape index (κ1) is 15.5. The van der Waals surface area contributed by atoms with Gasteiger partial charge in [-0.1, -0.05) is 30.3 Å². The van der Waals surface area contributed by atoms with Crippen molar-refractivity contribution in [1.29, 1.82) is 0 Å². The van der Waals surface area contributed by atoms with E-state index in [9.17, 15) is 4.39 Å². The number of rotatable bonds is 6. The summed E-state index contributed by atoms with van der Waals surface area (Å²) in [4.78, 5) is 1.23. The fourth-order valence-electron chi connectivity index (χ4n) is 2.14. The Bertz CT molecular complexity index is 613. The zero-order chi connectivity index (χ0) is 15.2. The molecule has 1 unspecified atom stereocenters. The molecule has 0 saturated carbocycles. The molecule has 0 amide bonds. The van der Waals surface area contributed by atoms with E-state index in [4.69, 9.17) is 10.9 Å². The molecule has 112 valence electrons. The van der Waals surface area contributed by atoms with E-state index >= 15 is 0 Å². The maximum absolute atomic E-state index is 14.3. The zero-order valence-corrected chi connectivity index (χ0v) is 12.5. The van der Waals surface area contributed by atoms with E-state index in [1.807, 2.05) is 11.4 Å². The van der Waals surface area contributed by atoms with Crippen molar-refractivity contribution in [3.63, 3.8) is 0 Å². The minimum absolute atomic E-state index is 0.112. The highest BCUT2D eigenvalue weighted by atomic mass is 32.1. The molecule has 4 N–H and O–H groups in total. The Hall–Kier alpha value is -1.92. The summed E-state index contributed by atoms with van der Waals surface area (Å²) >= 11 is 1.68. The normalized spacial score (nSPS) is 13.3. The van der Waals surface area contributed by atoms with Crippen molar-refractivity contribution in [3.05, 3.63) is 57.5 Å². The molecule has 0 aliphatic rings. The fourth-order valence-corrected chi connectivity index (χ4v) is 3.02. The van der Waals surface area contributed by atoms with Gasteiger partial charge in [-0.05, 0) is 23.9 Å². The predicted molar refractivity (Wildman–Crippen MR) is 83.1 cm³/mol. The number of nitrogens with two attached hydrogens (primary N) is 1. The van der Waals surface area contributed by atoms with E-state index in [0.29, 0.717) is 12.1 Å². The summed E-state index contributed by atoms with van der Waals surface area (Å²) in [5.74, 6) is -0.680. The molecular formula is C15H18FN3OS. The summed E-state index contributed by atoms with van der Waals surface area (Å²) in [6.07, 6.45) is 0.919. The Labute approximate surface area is 127 Å². The molecule has 1 aromatic heterocycles. The molecule has 4 nitrogen and oxygen atoms in total. The number of benzene rings is 1. The van der Waals surface area contributed by atoms with Crippen LogP contribution in [0.4, 0.5) is 4.39 Å². The monoisotopic (exact) mass is 307 g/mol. The van der Waals surface area contributed by atoms with Crippen LogP contribution in [0.25, 0.3) is 0 Å². The Balaban J connectivity index is 2.13. The average Bonchev–Trinajstić information content (AvgIpc) is 3.03. The van der Waals surface area contributed by atoms with Crippen molar-refractivity contribution < 1.29 is 9.60 Å². The van der Waals surface area contributed by atoms with Crippen LogP contribution in [0.2, 0.25) is 0 Å². The second-order valence-corrected chi connectivity index (χ2v) is 5.60. The number of halogens is 1. The van der Waals surface area contributed by atoms with Crippen LogP contribution in [0.1, 0.15) is 35.4 Å². The van der Waals surface area contributed by atoms with Crippen molar-refractivity contribution in [2.45, 2.75) is 25.9 Å². The van der Waals surface area contributed by atoms with Gasteiger partial charge >= 0.3 is 0 Å². The van der Waals surface area contributed by atoms with E-state index < -0.39 is 5.82 Å². The number of thiophene rings is 1. The third-order valence-electron chi connectivity index (χ3n) is 3.30. The van der Waals surface area contributed by atoms with Crippen LogP contribution in [-0.4, -0.2) is 11.0 Å². The summed E-state index contributed by atoms with van der Waals surface area (Å²) in [7, 11) is 0. The van der Waals surface area contributed by atoms with Gasteiger partial charge in [-0.2, -0.15) is 0 Å². The second-order valence-electron chi connectivity index (χ2n) is 4.62. The van der Waals surface area contributed by atoms with Gasteiger partial charge in [0.2, 0.25) is 0 Å². The lowest BCUT2D eigenvalue weighted by molar-refractivity contribution is 0.318. The lowest BCUT2D eigenvalue weighted by atomic mass is 10.1. The van der Waals surface area contributed by atoms with E-state index in [0.717, 1.165) is 6.42 Å². The van der Waals surface area contributed by atoms with Crippen molar-refractivity contribution in [2.24, 2.45) is 10.9 Å². The maximum Gasteiger partial charge on any atom is 0.173 e. The molecule has 6 heteroatoms. The number of amidine groups is 1. The highest BCUT2D eigenvalue weighted by molar-refractivity contribution is 7.10. The van der Waals surface area contributed by atoms with Crippen molar-refractivity contribution >= 4 is 17.2 Å². The van der Waals surface area contributed by atoms with Gasteiger partial charge in [0.05, 0.1) is 5.56 Å². The maximum atomic E-state index is 14.3. The molecule has 1 atom stereocenters. The first-order valence-corrected chi connectivity index (χ1v) is 7.57. The van der Waals surface area contributed by atoms with Crippen LogP contribution in [-0.2, 0) is 6.54 Å². The molecule has 0 fully saturated rings. The molecule has 21 heavy (non-hydrogen) atoms. The van der Waals surface area contributed by atoms with Crippen LogP contribution < -0.4 is 11.1 Å². The van der Waals surface area contributed by atoms with Crippen molar-refractivity contribution in [2.75, 3.05) is 0 Å². The largest absolute Gasteiger partial charge is 0.409 e. The molecule has 2 rings (SSSR count). The molecule has 1 aromatic carbocycles. The third-order valence-corrected chi connectivity index (χ3v) is 4.28. The van der Waals surface area contributed by atoms with Gasteiger partial charge in [-0.25, -0.2) is 4.39 Å². The van der Waals surface area contributed by atoms with Gasteiger partial charge < -0.3 is 16.3 Å². The second kappa shape index (κ2) is 7.19. The van der Waals surface area contributed by atoms with Crippen LogP contribution in [0.5, 0.6) is 0 Å². The Morgan fingerprint density at radius 1 is 1.43 bits per heavy atom. The number of oxime groups is 1. The van der Waals surface area contributed by atoms with E-state index in [-0.39, 0.29) is 17.4 Å². The molecular weight excluding hydrogens is 289 g/mol. The molecule has 2 aromatic rings. The molecule has 1 heterocycles. The van der Waals surface area contributed by atoms with Gasteiger partial charge in [-0.3, -0.25) is 0 Å². The first-order chi connectivity index (χ1) is 10.2. The standard InChI is InChI=1S/C15H18FN3OS/c1-2-12(13-7-4-8-21-13)18-9-10-5-3-6-11(14(10)16)15(17)19-20/h3-8,12,18,20H,2,9H2,1H3,(H2,17,19). The lowest BCUT2D eigenvalue weighted by Gasteiger charge is -2.16. The quantitative estimate of drug-likeness (QED) is 0.332. The molecule has 0 radical (unpaired) electrons. The Morgan fingerprint density at radius 3 is 2.86 bits per heavy atom. The van der Waals surface area contributed by atoms with Gasteiger partial charge in [-0.15, -0.1) is 11.3 Å². The summed E-state index contributed by atoms with van der Waals surface area (Å²) in [5.41, 5.74) is 6.07. The van der Waals surface area contributed by atoms with Crippen LogP contribution in [0, 0.1) is 5.82 Å². The third kappa shape index (κ3) is 3.59. The highest BCUT2D eigenvalue weighted by Crippen LogP contribution is 2.22. The number of nitrogens with zero attached hydrogens (tertiary/aromatic N) is 1. The number of hydrogen-bond acceptors (Lipinski definition) is 4. The number of nitrogens with one attached hydrogen (secondary N) is 1. The van der Waals surface area contributed by atoms with Crippen LogP contribution in [0.3, 0.4) is 0 Å². The Morgan fingerprint density at radius 2 is 2.24 bits per heavy atom. The summed E-state index contributed by atoms with van der Waals surface area (Å²) < 4.78 is 14.3. The van der Waals surface area contributed by atoms with Gasteiger partial charge in [0.25, 0.3) is 0 Å². The SMILES string of the molecule is CCC(NCc1cccc(/C(N)=N/O)c1F)c1cccs1. The highest BCUT2D eigenvalue weighted by Gasteiger charge is 2.14. The zero-order valence-electron chi connectivity index (χ0n) is 11.7. The Kier molecular flexibility index (Phi) is 5.30. The van der Waals surface area contributed by atoms with Gasteiger partial charge in [0.15, 0.2) is 5.84 Å². The molecule has 0 spiro atoms. The number of hydrogen-bond donors (Lipinski definition) is 3. The average molecular weight is 307 g/mol. The van der Waals surface area contributed by atoms with E-state index in [2.05, 4.69) is 23.5 Å². The summed E-state index contributed by atoms with van der Waals surface area (Å²) in [6, 6.07) is 9.14. The predicted octanol–water partition coefficient (Wildman–Crippen LogP) is 3.22. The summed E-state index contributed by atoms with van der Waals surface area (Å²) in [6.45, 7) is 2.47. The van der Waals surface area contributed by atoms with Crippen molar-refractivity contribution in [3.8, 4) is 0 Å². The minimum Gasteiger partial charge on any atom is -0.409 e. The van der Waals surface area contributed by atoms with Crippen LogP contribution >= 0.6 is 11.3 Å². The molecule has 0 aliphatic carbocycles. The van der Waals surface area contributed by atoms with E-state index in [1.54, 1.807) is 23.5 Å². The minimum atomic E-state index is -0.457.